The third-order valence-corrected chi connectivity index (χ3v) is 3.66. The minimum absolute atomic E-state index is 0.466. The van der Waals surface area contributed by atoms with Crippen LogP contribution in [-0.4, -0.2) is 28.1 Å². The van der Waals surface area contributed by atoms with Gasteiger partial charge in [-0.25, -0.2) is 4.79 Å². The fourth-order valence-electron chi connectivity index (χ4n) is 2.36. The van der Waals surface area contributed by atoms with Gasteiger partial charge in [0, 0.05) is 12.3 Å². The molecule has 0 aliphatic carbocycles. The van der Waals surface area contributed by atoms with Crippen LogP contribution >= 0.6 is 0 Å². The quantitative estimate of drug-likeness (QED) is 0.743. The Morgan fingerprint density at radius 2 is 2.05 bits per heavy atom. The molecule has 0 saturated heterocycles. The molecule has 5 heteroatoms. The number of nitrogens with zero attached hydrogens (tertiary/aromatic N) is 2. The minimum Gasteiger partial charge on any atom is -0.476 e. The topological polar surface area (TPSA) is 53.4 Å². The summed E-state index contributed by atoms with van der Waals surface area (Å²) in [5.41, 5.74) is -0.535. The fraction of sp³-hybridized carbons (Fsp3) is 0.765. The van der Waals surface area contributed by atoms with Crippen LogP contribution in [0.4, 0.5) is 4.79 Å². The summed E-state index contributed by atoms with van der Waals surface area (Å²) in [7, 11) is 0. The Morgan fingerprint density at radius 1 is 1.36 bits per heavy atom. The van der Waals surface area contributed by atoms with Crippen molar-refractivity contribution in [2.45, 2.75) is 66.4 Å². The van der Waals surface area contributed by atoms with Gasteiger partial charge < -0.3 is 9.47 Å². The smallest absolute Gasteiger partial charge is 0.435 e. The zero-order valence-corrected chi connectivity index (χ0v) is 14.8. The molecule has 1 heterocycles. The van der Waals surface area contributed by atoms with Crippen LogP contribution in [0.3, 0.4) is 0 Å². The van der Waals surface area contributed by atoms with Gasteiger partial charge in [0.05, 0.1) is 6.61 Å². The third kappa shape index (κ3) is 6.08. The maximum absolute atomic E-state index is 11.9. The van der Waals surface area contributed by atoms with Crippen LogP contribution < -0.4 is 4.74 Å². The van der Waals surface area contributed by atoms with Crippen molar-refractivity contribution in [3.05, 3.63) is 12.3 Å². The summed E-state index contributed by atoms with van der Waals surface area (Å²) >= 11 is 0. The van der Waals surface area contributed by atoms with Crippen LogP contribution in [0.1, 0.15) is 60.8 Å². The molecule has 0 amide bonds. The van der Waals surface area contributed by atoms with E-state index in [-0.39, 0.29) is 0 Å². The molecule has 2 atom stereocenters. The summed E-state index contributed by atoms with van der Waals surface area (Å²) in [6.07, 6.45) is 4.54. The summed E-state index contributed by atoms with van der Waals surface area (Å²) < 4.78 is 12.2. The lowest BCUT2D eigenvalue weighted by Crippen LogP contribution is -2.27. The van der Waals surface area contributed by atoms with Gasteiger partial charge in [-0.3, -0.25) is 0 Å². The van der Waals surface area contributed by atoms with Crippen molar-refractivity contribution < 1.29 is 14.3 Å². The standard InChI is InChI=1S/C17H30N2O3/c1-7-9-13(3)14(8-2)12-21-15-10-11-19(18-15)16(20)22-17(4,5)6/h10-11,13-14H,7-9,12H2,1-6H3. The van der Waals surface area contributed by atoms with E-state index >= 15 is 0 Å². The van der Waals surface area contributed by atoms with Crippen LogP contribution in [0, 0.1) is 11.8 Å². The van der Waals surface area contributed by atoms with Crippen molar-refractivity contribution >= 4 is 6.09 Å². The second-order valence-electron chi connectivity index (χ2n) is 6.82. The van der Waals surface area contributed by atoms with Gasteiger partial charge in [0.25, 0.3) is 0 Å². The molecule has 1 aromatic heterocycles. The number of hydrogen-bond donors (Lipinski definition) is 0. The Hall–Kier alpha value is -1.52. The van der Waals surface area contributed by atoms with Crippen LogP contribution in [0.15, 0.2) is 12.3 Å². The lowest BCUT2D eigenvalue weighted by Gasteiger charge is -2.21. The van der Waals surface area contributed by atoms with Crippen molar-refractivity contribution in [3.8, 4) is 5.88 Å². The number of ether oxygens (including phenoxy) is 2. The first-order valence-electron chi connectivity index (χ1n) is 8.18. The predicted molar refractivity (Wildman–Crippen MR) is 87.2 cm³/mol. The Bertz CT molecular complexity index is 463. The maximum atomic E-state index is 11.9. The van der Waals surface area contributed by atoms with E-state index in [0.717, 1.165) is 6.42 Å². The van der Waals surface area contributed by atoms with Crippen molar-refractivity contribution in [1.82, 2.24) is 9.78 Å². The van der Waals surface area contributed by atoms with E-state index in [0.29, 0.717) is 24.3 Å². The van der Waals surface area contributed by atoms with Gasteiger partial charge in [-0.05, 0) is 39.0 Å². The lowest BCUT2D eigenvalue weighted by atomic mass is 9.89. The first-order valence-corrected chi connectivity index (χ1v) is 8.18. The van der Waals surface area contributed by atoms with Gasteiger partial charge >= 0.3 is 6.09 Å². The van der Waals surface area contributed by atoms with E-state index in [1.54, 1.807) is 12.3 Å². The Kier molecular flexibility index (Phi) is 6.91. The third-order valence-electron chi connectivity index (χ3n) is 3.66. The lowest BCUT2D eigenvalue weighted by molar-refractivity contribution is 0.0510. The molecule has 0 bridgehead atoms. The van der Waals surface area contributed by atoms with Gasteiger partial charge in [-0.2, -0.15) is 4.68 Å². The largest absolute Gasteiger partial charge is 0.476 e. The van der Waals surface area contributed by atoms with Gasteiger partial charge in [0.2, 0.25) is 5.88 Å². The first-order chi connectivity index (χ1) is 10.3. The molecule has 1 aromatic rings. The molecule has 0 aromatic carbocycles. The SMILES string of the molecule is CCCC(C)C(CC)COc1ccn(C(=O)OC(C)(C)C)n1. The normalized spacial score (nSPS) is 14.5. The van der Waals surface area contributed by atoms with Gasteiger partial charge in [0.1, 0.15) is 5.60 Å². The summed E-state index contributed by atoms with van der Waals surface area (Å²) in [4.78, 5) is 11.9. The van der Waals surface area contributed by atoms with Crippen molar-refractivity contribution in [1.29, 1.82) is 0 Å². The van der Waals surface area contributed by atoms with Crippen LogP contribution in [-0.2, 0) is 4.74 Å². The van der Waals surface area contributed by atoms with Crippen LogP contribution in [0.2, 0.25) is 0 Å². The molecule has 126 valence electrons. The first kappa shape index (κ1) is 18.5. The molecule has 0 N–H and O–H groups in total. The molecule has 0 radical (unpaired) electrons. The second kappa shape index (κ2) is 8.20. The molecule has 0 aliphatic heterocycles. The highest BCUT2D eigenvalue weighted by atomic mass is 16.6. The van der Waals surface area contributed by atoms with E-state index in [1.165, 1.54) is 17.5 Å². The monoisotopic (exact) mass is 310 g/mol. The van der Waals surface area contributed by atoms with Crippen molar-refractivity contribution in [2.75, 3.05) is 6.61 Å². The molecule has 5 nitrogen and oxygen atoms in total. The molecule has 0 spiro atoms. The van der Waals surface area contributed by atoms with Crippen LogP contribution in [0.5, 0.6) is 5.88 Å². The summed E-state index contributed by atoms with van der Waals surface area (Å²) in [6.45, 7) is 12.8. The highest BCUT2D eigenvalue weighted by Crippen LogP contribution is 2.21. The molecule has 1 rings (SSSR count). The number of carbonyl (C=O) groups excluding carboxylic acids is 1. The molecule has 22 heavy (non-hydrogen) atoms. The predicted octanol–water partition coefficient (Wildman–Crippen LogP) is 4.51. The molecule has 2 unspecified atom stereocenters. The number of carbonyl (C=O) groups is 1. The molecular weight excluding hydrogens is 280 g/mol. The number of hydrogen-bond acceptors (Lipinski definition) is 4. The highest BCUT2D eigenvalue weighted by molar-refractivity contribution is 5.69. The van der Waals surface area contributed by atoms with Crippen LogP contribution in [0.25, 0.3) is 0 Å². The van der Waals surface area contributed by atoms with E-state index in [9.17, 15) is 4.79 Å². The average Bonchev–Trinajstić information content (AvgIpc) is 2.87. The zero-order valence-electron chi connectivity index (χ0n) is 14.8. The summed E-state index contributed by atoms with van der Waals surface area (Å²) in [6, 6.07) is 1.70. The van der Waals surface area contributed by atoms with E-state index < -0.39 is 11.7 Å². The second-order valence-corrected chi connectivity index (χ2v) is 6.82. The van der Waals surface area contributed by atoms with Gasteiger partial charge in [-0.15, -0.1) is 5.10 Å². The van der Waals surface area contributed by atoms with Gasteiger partial charge in [-0.1, -0.05) is 33.6 Å². The molecular formula is C17H30N2O3. The Morgan fingerprint density at radius 3 is 2.59 bits per heavy atom. The minimum atomic E-state index is -0.535. The molecule has 0 aliphatic rings. The number of rotatable bonds is 7. The Labute approximate surface area is 134 Å². The summed E-state index contributed by atoms with van der Waals surface area (Å²) in [5.74, 6) is 1.60. The zero-order chi connectivity index (χ0) is 16.8. The Balaban J connectivity index is 2.56. The van der Waals surface area contributed by atoms with E-state index in [1.807, 2.05) is 20.8 Å². The summed E-state index contributed by atoms with van der Waals surface area (Å²) in [5, 5.41) is 4.13. The van der Waals surface area contributed by atoms with Gasteiger partial charge in [0.15, 0.2) is 0 Å². The highest BCUT2D eigenvalue weighted by Gasteiger charge is 2.20. The van der Waals surface area contributed by atoms with Crippen molar-refractivity contribution in [3.63, 3.8) is 0 Å². The van der Waals surface area contributed by atoms with Crippen molar-refractivity contribution in [2.24, 2.45) is 11.8 Å². The molecule has 0 saturated carbocycles. The fourth-order valence-corrected chi connectivity index (χ4v) is 2.36. The number of aromatic nitrogens is 2. The molecule has 0 fully saturated rings. The maximum Gasteiger partial charge on any atom is 0.435 e. The van der Waals surface area contributed by atoms with E-state index in [4.69, 9.17) is 9.47 Å². The average molecular weight is 310 g/mol. The van der Waals surface area contributed by atoms with E-state index in [2.05, 4.69) is 25.9 Å².